The number of nitrogens with zero attached hydrogens (tertiary/aromatic N) is 2. The van der Waals surface area contributed by atoms with Gasteiger partial charge in [-0.05, 0) is 42.4 Å². The van der Waals surface area contributed by atoms with Crippen molar-refractivity contribution in [2.75, 3.05) is 30.1 Å². The topological polar surface area (TPSA) is 54.5 Å². The maximum Gasteiger partial charge on any atom is 0.247 e. The highest BCUT2D eigenvalue weighted by Crippen LogP contribution is 2.43. The quantitative estimate of drug-likeness (QED) is 0.748. The van der Waals surface area contributed by atoms with Gasteiger partial charge in [-0.2, -0.15) is 4.39 Å². The molecule has 1 unspecified atom stereocenters. The predicted octanol–water partition coefficient (Wildman–Crippen LogP) is 4.33. The number of methoxy groups -OCH3 is 1. The Balaban J connectivity index is 1.95. The van der Waals surface area contributed by atoms with Crippen molar-refractivity contribution >= 4 is 29.0 Å². The molecule has 2 heterocycles. The second kappa shape index (κ2) is 7.95. The second-order valence-electron chi connectivity index (χ2n) is 7.32. The number of amides is 1. The average molecular weight is 407 g/mol. The average Bonchev–Trinajstić information content (AvgIpc) is 2.99. The lowest BCUT2D eigenvalue weighted by atomic mass is 9.84. The van der Waals surface area contributed by atoms with Crippen LogP contribution in [0.15, 0.2) is 35.5 Å². The fourth-order valence-corrected chi connectivity index (χ4v) is 4.01. The monoisotopic (exact) mass is 407 g/mol. The van der Waals surface area contributed by atoms with Gasteiger partial charge in [-0.15, -0.1) is 11.8 Å². The lowest BCUT2D eigenvalue weighted by Crippen LogP contribution is -2.46. The minimum atomic E-state index is -1.05. The normalized spacial score (nSPS) is 18.2. The molecule has 1 aliphatic heterocycles. The number of hydrogen-bond donors (Lipinski definition) is 1. The summed E-state index contributed by atoms with van der Waals surface area (Å²) < 4.78 is 33.0. The van der Waals surface area contributed by atoms with Crippen molar-refractivity contribution in [1.29, 1.82) is 0 Å². The summed E-state index contributed by atoms with van der Waals surface area (Å²) in [5.41, 5.74) is 0.644. The number of pyridine rings is 1. The molecule has 0 aliphatic carbocycles. The molecule has 1 aromatic carbocycles. The zero-order valence-electron chi connectivity index (χ0n) is 16.3. The Hall–Kier alpha value is -2.35. The summed E-state index contributed by atoms with van der Waals surface area (Å²) in [6, 6.07) is 5.46. The predicted molar refractivity (Wildman–Crippen MR) is 107 cm³/mol. The smallest absolute Gasteiger partial charge is 0.247 e. The minimum absolute atomic E-state index is 0.191. The maximum atomic E-state index is 14.2. The molecule has 1 amide bonds. The van der Waals surface area contributed by atoms with Crippen molar-refractivity contribution < 1.29 is 18.3 Å². The Morgan fingerprint density at radius 1 is 1.36 bits per heavy atom. The molecule has 0 radical (unpaired) electrons. The molecular formula is C20H23F2N3O2S. The molecule has 0 bridgehead atoms. The number of ether oxygens (including phenoxy) is 1. The largest absolute Gasteiger partial charge is 0.491 e. The van der Waals surface area contributed by atoms with E-state index in [0.717, 1.165) is 17.5 Å². The molecule has 0 spiro atoms. The van der Waals surface area contributed by atoms with Gasteiger partial charge in [0.1, 0.15) is 6.04 Å². The van der Waals surface area contributed by atoms with Crippen LogP contribution in [0.2, 0.25) is 0 Å². The van der Waals surface area contributed by atoms with Gasteiger partial charge in [-0.1, -0.05) is 13.8 Å². The summed E-state index contributed by atoms with van der Waals surface area (Å²) in [5, 5.41) is 3.73. The molecule has 3 rings (SSSR count). The Morgan fingerprint density at radius 2 is 2.11 bits per heavy atom. The van der Waals surface area contributed by atoms with Gasteiger partial charge in [0.15, 0.2) is 11.6 Å². The van der Waals surface area contributed by atoms with Crippen LogP contribution >= 0.6 is 11.8 Å². The first kappa shape index (κ1) is 20.4. The summed E-state index contributed by atoms with van der Waals surface area (Å²) in [4.78, 5) is 19.2. The standard InChI is InChI=1S/C20H23F2N3O2S/c1-20(2)8-10-25(14-6-5-13(21)16(22)17(14)27-3)18(20)19(26)24-12-7-9-23-15(11-12)28-4/h5-7,9,11,18H,8,10H2,1-4H3,(H,23,24,26). The van der Waals surface area contributed by atoms with E-state index < -0.39 is 17.7 Å². The van der Waals surface area contributed by atoms with Gasteiger partial charge in [0, 0.05) is 18.4 Å². The van der Waals surface area contributed by atoms with Crippen molar-refractivity contribution in [2.24, 2.45) is 5.41 Å². The summed E-state index contributed by atoms with van der Waals surface area (Å²) in [5.74, 6) is -2.44. The summed E-state index contributed by atoms with van der Waals surface area (Å²) >= 11 is 1.48. The van der Waals surface area contributed by atoms with E-state index in [-0.39, 0.29) is 17.1 Å². The SMILES string of the molecule is COc1c(N2CCC(C)(C)C2C(=O)Nc2ccnc(SC)c2)ccc(F)c1F. The third-order valence-corrected chi connectivity index (χ3v) is 5.69. The fourth-order valence-electron chi connectivity index (χ4n) is 3.60. The number of nitrogens with one attached hydrogen (secondary N) is 1. The molecule has 8 heteroatoms. The van der Waals surface area contributed by atoms with E-state index in [0.29, 0.717) is 17.9 Å². The zero-order chi connectivity index (χ0) is 20.5. The number of hydrogen-bond acceptors (Lipinski definition) is 5. The second-order valence-corrected chi connectivity index (χ2v) is 8.15. The Morgan fingerprint density at radius 3 is 2.79 bits per heavy atom. The number of thioether (sulfide) groups is 1. The van der Waals surface area contributed by atoms with Gasteiger partial charge in [-0.3, -0.25) is 4.79 Å². The highest BCUT2D eigenvalue weighted by atomic mass is 32.2. The third-order valence-electron chi connectivity index (χ3n) is 5.05. The molecule has 1 aliphatic rings. The number of benzene rings is 1. The van der Waals surface area contributed by atoms with Crippen molar-refractivity contribution in [3.63, 3.8) is 0 Å². The minimum Gasteiger partial charge on any atom is -0.491 e. The van der Waals surface area contributed by atoms with Gasteiger partial charge >= 0.3 is 0 Å². The fraction of sp³-hybridized carbons (Fsp3) is 0.400. The molecule has 1 N–H and O–H groups in total. The van der Waals surface area contributed by atoms with Gasteiger partial charge in [0.25, 0.3) is 0 Å². The first-order valence-corrected chi connectivity index (χ1v) is 10.1. The van der Waals surface area contributed by atoms with Crippen molar-refractivity contribution in [3.8, 4) is 5.75 Å². The molecule has 150 valence electrons. The van der Waals surface area contributed by atoms with E-state index >= 15 is 0 Å². The lowest BCUT2D eigenvalue weighted by molar-refractivity contribution is -0.119. The van der Waals surface area contributed by atoms with Crippen LogP contribution < -0.4 is 15.0 Å². The zero-order valence-corrected chi connectivity index (χ0v) is 17.1. The highest BCUT2D eigenvalue weighted by Gasteiger charge is 2.46. The Kier molecular flexibility index (Phi) is 5.79. The molecule has 1 saturated heterocycles. The number of anilines is 2. The van der Waals surface area contributed by atoms with Gasteiger partial charge in [0.2, 0.25) is 11.7 Å². The van der Waals surface area contributed by atoms with Crippen molar-refractivity contribution in [1.82, 2.24) is 4.98 Å². The molecule has 0 saturated carbocycles. The van der Waals surface area contributed by atoms with Crippen LogP contribution in [0.1, 0.15) is 20.3 Å². The first-order chi connectivity index (χ1) is 13.3. The first-order valence-electron chi connectivity index (χ1n) is 8.88. The number of rotatable bonds is 5. The van der Waals surface area contributed by atoms with Crippen LogP contribution in [0.25, 0.3) is 0 Å². The van der Waals surface area contributed by atoms with E-state index in [1.165, 1.54) is 24.9 Å². The maximum absolute atomic E-state index is 14.2. The van der Waals surface area contributed by atoms with Crippen LogP contribution in [0.4, 0.5) is 20.2 Å². The van der Waals surface area contributed by atoms with E-state index in [9.17, 15) is 13.6 Å². The van der Waals surface area contributed by atoms with Crippen LogP contribution in [0.3, 0.4) is 0 Å². The van der Waals surface area contributed by atoms with Gasteiger partial charge < -0.3 is 15.0 Å². The lowest BCUT2D eigenvalue weighted by Gasteiger charge is -2.33. The third kappa shape index (κ3) is 3.78. The highest BCUT2D eigenvalue weighted by molar-refractivity contribution is 7.98. The number of halogens is 2. The number of carbonyl (C=O) groups excluding carboxylic acids is 1. The molecule has 1 aromatic heterocycles. The Labute approximate surface area is 167 Å². The molecule has 1 atom stereocenters. The summed E-state index contributed by atoms with van der Waals surface area (Å²) in [7, 11) is 1.29. The molecule has 28 heavy (non-hydrogen) atoms. The molecule has 5 nitrogen and oxygen atoms in total. The van der Waals surface area contributed by atoms with Crippen LogP contribution in [-0.4, -0.2) is 36.8 Å². The molecular weight excluding hydrogens is 384 g/mol. The van der Waals surface area contributed by atoms with Crippen LogP contribution in [0, 0.1) is 17.0 Å². The summed E-state index contributed by atoms with van der Waals surface area (Å²) in [6.07, 6.45) is 4.27. The van der Waals surface area contributed by atoms with E-state index in [4.69, 9.17) is 4.74 Å². The van der Waals surface area contributed by atoms with Crippen molar-refractivity contribution in [2.45, 2.75) is 31.3 Å². The van der Waals surface area contributed by atoms with Crippen LogP contribution in [-0.2, 0) is 4.79 Å². The molecule has 1 fully saturated rings. The number of aromatic nitrogens is 1. The van der Waals surface area contributed by atoms with Gasteiger partial charge in [-0.25, -0.2) is 9.37 Å². The van der Waals surface area contributed by atoms with Crippen LogP contribution in [0.5, 0.6) is 5.75 Å². The van der Waals surface area contributed by atoms with Gasteiger partial charge in [0.05, 0.1) is 17.8 Å². The summed E-state index contributed by atoms with van der Waals surface area (Å²) in [6.45, 7) is 4.51. The van der Waals surface area contributed by atoms with Crippen molar-refractivity contribution in [3.05, 3.63) is 42.1 Å². The van der Waals surface area contributed by atoms with E-state index in [1.54, 1.807) is 23.2 Å². The van der Waals surface area contributed by atoms with E-state index in [1.807, 2.05) is 20.1 Å². The number of carbonyl (C=O) groups is 1. The van der Waals surface area contributed by atoms with E-state index in [2.05, 4.69) is 10.3 Å². The molecule has 2 aromatic rings. The Bertz CT molecular complexity index is 892.